The molecular formula is C10H11ClN2. The molecule has 1 rings (SSSR count). The second kappa shape index (κ2) is 4.74. The zero-order valence-electron chi connectivity index (χ0n) is 7.26. The van der Waals surface area contributed by atoms with Gasteiger partial charge in [-0.1, -0.05) is 18.2 Å². The van der Waals surface area contributed by atoms with E-state index in [4.69, 9.17) is 22.6 Å². The third-order valence-corrected chi connectivity index (χ3v) is 2.22. The highest BCUT2D eigenvalue weighted by molar-refractivity contribution is 6.17. The van der Waals surface area contributed by atoms with E-state index in [9.17, 15) is 0 Å². The number of aryl methyl sites for hydroxylation is 1. The molecule has 0 saturated heterocycles. The lowest BCUT2D eigenvalue weighted by Crippen LogP contribution is -1.98. The number of nitrogens with zero attached hydrogens (tertiary/aromatic N) is 1. The van der Waals surface area contributed by atoms with Crippen LogP contribution >= 0.6 is 11.6 Å². The average molecular weight is 195 g/mol. The maximum absolute atomic E-state index is 8.43. The van der Waals surface area contributed by atoms with Crippen LogP contribution in [-0.4, -0.2) is 0 Å². The predicted octanol–water partition coefficient (Wildman–Crippen LogP) is 2.46. The number of nitrogens with two attached hydrogens (primary N) is 1. The number of para-hydroxylation sites is 1. The SMILES string of the molecule is N#CCCc1cccc(CCl)c1N. The monoisotopic (exact) mass is 194 g/mol. The van der Waals surface area contributed by atoms with E-state index in [0.29, 0.717) is 18.7 Å². The van der Waals surface area contributed by atoms with Crippen molar-refractivity contribution in [2.24, 2.45) is 0 Å². The van der Waals surface area contributed by atoms with Gasteiger partial charge in [0, 0.05) is 18.0 Å². The van der Waals surface area contributed by atoms with Gasteiger partial charge in [0.05, 0.1) is 6.07 Å². The number of anilines is 1. The van der Waals surface area contributed by atoms with Gasteiger partial charge >= 0.3 is 0 Å². The van der Waals surface area contributed by atoms with Crippen molar-refractivity contribution in [3.8, 4) is 6.07 Å². The smallest absolute Gasteiger partial charge is 0.0625 e. The van der Waals surface area contributed by atoms with E-state index in [0.717, 1.165) is 16.8 Å². The van der Waals surface area contributed by atoms with Gasteiger partial charge in [-0.15, -0.1) is 11.6 Å². The Morgan fingerprint density at radius 2 is 2.08 bits per heavy atom. The fraction of sp³-hybridized carbons (Fsp3) is 0.300. The molecule has 0 saturated carbocycles. The quantitative estimate of drug-likeness (QED) is 0.594. The third-order valence-electron chi connectivity index (χ3n) is 1.94. The van der Waals surface area contributed by atoms with Crippen LogP contribution in [0.1, 0.15) is 17.5 Å². The average Bonchev–Trinajstić information content (AvgIpc) is 2.16. The Morgan fingerprint density at radius 1 is 1.38 bits per heavy atom. The number of benzene rings is 1. The molecule has 1 aromatic carbocycles. The van der Waals surface area contributed by atoms with Crippen molar-refractivity contribution in [2.45, 2.75) is 18.7 Å². The fourth-order valence-electron chi connectivity index (χ4n) is 1.19. The van der Waals surface area contributed by atoms with Crippen molar-refractivity contribution in [3.05, 3.63) is 29.3 Å². The maximum Gasteiger partial charge on any atom is 0.0625 e. The summed E-state index contributed by atoms with van der Waals surface area (Å²) >= 11 is 5.69. The summed E-state index contributed by atoms with van der Waals surface area (Å²) < 4.78 is 0. The van der Waals surface area contributed by atoms with Crippen LogP contribution in [0.2, 0.25) is 0 Å². The molecule has 0 unspecified atom stereocenters. The number of hydrogen-bond donors (Lipinski definition) is 1. The largest absolute Gasteiger partial charge is 0.398 e. The lowest BCUT2D eigenvalue weighted by molar-refractivity contribution is 1.01. The van der Waals surface area contributed by atoms with E-state index >= 15 is 0 Å². The van der Waals surface area contributed by atoms with Gasteiger partial charge < -0.3 is 5.73 Å². The molecule has 0 bridgehead atoms. The summed E-state index contributed by atoms with van der Waals surface area (Å²) in [6.07, 6.45) is 1.20. The summed E-state index contributed by atoms with van der Waals surface area (Å²) in [5, 5.41) is 8.43. The predicted molar refractivity (Wildman–Crippen MR) is 54.3 cm³/mol. The van der Waals surface area contributed by atoms with Crippen LogP contribution in [0.15, 0.2) is 18.2 Å². The van der Waals surface area contributed by atoms with E-state index in [2.05, 4.69) is 6.07 Å². The summed E-state index contributed by atoms with van der Waals surface area (Å²) in [4.78, 5) is 0. The van der Waals surface area contributed by atoms with Crippen LogP contribution in [0, 0.1) is 11.3 Å². The molecule has 2 nitrogen and oxygen atoms in total. The molecule has 0 aromatic heterocycles. The van der Waals surface area contributed by atoms with Gasteiger partial charge in [0.1, 0.15) is 0 Å². The molecule has 0 spiro atoms. The van der Waals surface area contributed by atoms with Crippen LogP contribution in [0.4, 0.5) is 5.69 Å². The molecule has 0 fully saturated rings. The highest BCUT2D eigenvalue weighted by atomic mass is 35.5. The van der Waals surface area contributed by atoms with Crippen molar-refractivity contribution < 1.29 is 0 Å². The molecule has 13 heavy (non-hydrogen) atoms. The Kier molecular flexibility index (Phi) is 3.60. The van der Waals surface area contributed by atoms with Crippen LogP contribution in [0.5, 0.6) is 0 Å². The Hall–Kier alpha value is -1.20. The first kappa shape index (κ1) is 9.88. The minimum Gasteiger partial charge on any atom is -0.398 e. The van der Waals surface area contributed by atoms with Gasteiger partial charge in [-0.2, -0.15) is 5.26 Å². The number of nitriles is 1. The number of rotatable bonds is 3. The standard InChI is InChI=1S/C10H11ClN2/c11-7-9-4-1-3-8(10(9)13)5-2-6-12/h1,3-4H,2,5,7,13H2. The molecule has 0 aliphatic rings. The van der Waals surface area contributed by atoms with Gasteiger partial charge in [-0.25, -0.2) is 0 Å². The van der Waals surface area contributed by atoms with Crippen LogP contribution < -0.4 is 5.73 Å². The third kappa shape index (κ3) is 2.37. The van der Waals surface area contributed by atoms with E-state index in [-0.39, 0.29) is 0 Å². The van der Waals surface area contributed by atoms with E-state index in [1.807, 2.05) is 18.2 Å². The first-order chi connectivity index (χ1) is 6.29. The first-order valence-corrected chi connectivity index (χ1v) is 4.62. The molecule has 0 aliphatic heterocycles. The van der Waals surface area contributed by atoms with Crippen molar-refractivity contribution in [3.63, 3.8) is 0 Å². The normalized spacial score (nSPS) is 9.54. The summed E-state index contributed by atoms with van der Waals surface area (Å²) in [5.74, 6) is 0.423. The highest BCUT2D eigenvalue weighted by Crippen LogP contribution is 2.20. The van der Waals surface area contributed by atoms with Crippen molar-refractivity contribution >= 4 is 17.3 Å². The lowest BCUT2D eigenvalue weighted by atomic mass is 10.0. The molecular weight excluding hydrogens is 184 g/mol. The van der Waals surface area contributed by atoms with Gasteiger partial charge in [0.25, 0.3) is 0 Å². The van der Waals surface area contributed by atoms with Crippen LogP contribution in [0.3, 0.4) is 0 Å². The first-order valence-electron chi connectivity index (χ1n) is 4.08. The molecule has 0 aliphatic carbocycles. The molecule has 2 N–H and O–H groups in total. The maximum atomic E-state index is 8.43. The molecule has 0 radical (unpaired) electrons. The highest BCUT2D eigenvalue weighted by Gasteiger charge is 2.02. The van der Waals surface area contributed by atoms with Gasteiger partial charge in [-0.05, 0) is 17.5 Å². The summed E-state index contributed by atoms with van der Waals surface area (Å²) in [6, 6.07) is 7.84. The molecule has 1 aromatic rings. The van der Waals surface area contributed by atoms with Gasteiger partial charge in [0.2, 0.25) is 0 Å². The lowest BCUT2D eigenvalue weighted by Gasteiger charge is -2.06. The second-order valence-corrected chi connectivity index (χ2v) is 3.05. The minimum atomic E-state index is 0.423. The van der Waals surface area contributed by atoms with Gasteiger partial charge in [-0.3, -0.25) is 0 Å². The van der Waals surface area contributed by atoms with Crippen molar-refractivity contribution in [2.75, 3.05) is 5.73 Å². The molecule has 0 atom stereocenters. The minimum absolute atomic E-state index is 0.423. The fourth-order valence-corrected chi connectivity index (χ4v) is 1.42. The number of halogens is 1. The summed E-state index contributed by atoms with van der Waals surface area (Å²) in [6.45, 7) is 0. The Balaban J connectivity index is 2.89. The number of nitrogen functional groups attached to an aromatic ring is 1. The van der Waals surface area contributed by atoms with Crippen molar-refractivity contribution in [1.82, 2.24) is 0 Å². The van der Waals surface area contributed by atoms with E-state index in [1.54, 1.807) is 0 Å². The second-order valence-electron chi connectivity index (χ2n) is 2.78. The van der Waals surface area contributed by atoms with E-state index in [1.165, 1.54) is 0 Å². The van der Waals surface area contributed by atoms with E-state index < -0.39 is 0 Å². The molecule has 3 heteroatoms. The van der Waals surface area contributed by atoms with Crippen LogP contribution in [-0.2, 0) is 12.3 Å². The number of hydrogen-bond acceptors (Lipinski definition) is 2. The zero-order chi connectivity index (χ0) is 9.68. The number of alkyl halides is 1. The summed E-state index contributed by atoms with van der Waals surface area (Å²) in [7, 11) is 0. The van der Waals surface area contributed by atoms with Crippen molar-refractivity contribution in [1.29, 1.82) is 5.26 Å². The summed E-state index contributed by atoms with van der Waals surface area (Å²) in [5.41, 5.74) is 8.53. The van der Waals surface area contributed by atoms with Crippen LogP contribution in [0.25, 0.3) is 0 Å². The molecule has 0 amide bonds. The molecule has 0 heterocycles. The Morgan fingerprint density at radius 3 is 2.69 bits per heavy atom. The zero-order valence-corrected chi connectivity index (χ0v) is 8.01. The molecule has 68 valence electrons. The Bertz CT molecular complexity index is 328. The Labute approximate surface area is 82.9 Å². The van der Waals surface area contributed by atoms with Gasteiger partial charge in [0.15, 0.2) is 0 Å². The topological polar surface area (TPSA) is 49.8 Å².